The zero-order valence-corrected chi connectivity index (χ0v) is 19.8. The summed E-state index contributed by atoms with van der Waals surface area (Å²) < 4.78 is 44.8. The molecule has 190 valence electrons. The number of carbonyl (C=O) groups excluding carboxylic acids is 2. The van der Waals surface area contributed by atoms with Gasteiger partial charge in [-0.05, 0) is 53.8 Å². The number of amides is 3. The fourth-order valence-corrected chi connectivity index (χ4v) is 4.46. The van der Waals surface area contributed by atoms with Gasteiger partial charge in [-0.3, -0.25) is 4.79 Å². The summed E-state index contributed by atoms with van der Waals surface area (Å²) in [5.41, 5.74) is 3.33. The van der Waals surface area contributed by atoms with Gasteiger partial charge in [0.2, 0.25) is 5.91 Å². The molecule has 0 radical (unpaired) electrons. The van der Waals surface area contributed by atoms with E-state index in [1.165, 1.54) is 12.1 Å². The Kier molecular flexibility index (Phi) is 6.60. The Hall–Kier alpha value is -4.27. The number of hydrogen-bond acceptors (Lipinski definition) is 3. The average Bonchev–Trinajstić information content (AvgIpc) is 3.06. The van der Waals surface area contributed by atoms with Crippen LogP contribution in [0.4, 0.5) is 29.3 Å². The molecule has 0 unspecified atom stereocenters. The molecule has 5 rings (SSSR count). The molecule has 0 bridgehead atoms. The molecule has 2 aliphatic rings. The van der Waals surface area contributed by atoms with Gasteiger partial charge in [-0.15, -0.1) is 0 Å². The van der Waals surface area contributed by atoms with Crippen LogP contribution in [0.2, 0.25) is 0 Å². The van der Waals surface area contributed by atoms with Crippen LogP contribution in [-0.4, -0.2) is 23.4 Å². The van der Waals surface area contributed by atoms with Crippen molar-refractivity contribution in [1.82, 2.24) is 4.90 Å². The minimum Gasteiger partial charge on any atom is -0.493 e. The molecular weight excluding hydrogens is 483 g/mol. The largest absolute Gasteiger partial charge is 0.493 e. The highest BCUT2D eigenvalue weighted by atomic mass is 19.4. The number of rotatable bonds is 4. The number of nitrogens with zero attached hydrogens (tertiary/aromatic N) is 1. The highest BCUT2D eigenvalue weighted by Crippen LogP contribution is 2.38. The second-order valence-corrected chi connectivity index (χ2v) is 8.96. The summed E-state index contributed by atoms with van der Waals surface area (Å²) in [4.78, 5) is 27.1. The average molecular weight is 508 g/mol. The summed E-state index contributed by atoms with van der Waals surface area (Å²) in [5.74, 6) is -0.307. The Labute approximate surface area is 211 Å². The lowest BCUT2D eigenvalue weighted by Crippen LogP contribution is -2.38. The van der Waals surface area contributed by atoms with Crippen molar-refractivity contribution in [3.05, 3.63) is 95.1 Å². The second kappa shape index (κ2) is 10.0. The fourth-order valence-electron chi connectivity index (χ4n) is 4.46. The molecule has 0 aliphatic carbocycles. The molecule has 0 atom stereocenters. The number of alkyl halides is 3. The predicted molar refractivity (Wildman–Crippen MR) is 134 cm³/mol. The third-order valence-electron chi connectivity index (χ3n) is 6.29. The van der Waals surface area contributed by atoms with E-state index in [1.807, 2.05) is 36.4 Å². The Bertz CT molecular complexity index is 1370. The van der Waals surface area contributed by atoms with Crippen molar-refractivity contribution in [2.45, 2.75) is 32.1 Å². The van der Waals surface area contributed by atoms with E-state index < -0.39 is 17.6 Å². The Morgan fingerprint density at radius 1 is 1.08 bits per heavy atom. The van der Waals surface area contributed by atoms with Crippen molar-refractivity contribution in [2.75, 3.05) is 17.2 Å². The molecule has 9 heteroatoms. The van der Waals surface area contributed by atoms with Gasteiger partial charge in [0.25, 0.3) is 0 Å². The first-order chi connectivity index (χ1) is 17.8. The van der Waals surface area contributed by atoms with Crippen LogP contribution in [0.15, 0.2) is 72.8 Å². The van der Waals surface area contributed by atoms with Crippen molar-refractivity contribution in [2.24, 2.45) is 0 Å². The predicted octanol–water partition coefficient (Wildman–Crippen LogP) is 6.45. The Morgan fingerprint density at radius 3 is 2.68 bits per heavy atom. The smallest absolute Gasteiger partial charge is 0.416 e. The van der Waals surface area contributed by atoms with Crippen LogP contribution >= 0.6 is 0 Å². The van der Waals surface area contributed by atoms with Crippen molar-refractivity contribution in [3.8, 4) is 5.75 Å². The van der Waals surface area contributed by atoms with Crippen molar-refractivity contribution < 1.29 is 27.5 Å². The van der Waals surface area contributed by atoms with Crippen molar-refractivity contribution in [3.63, 3.8) is 0 Å². The number of urea groups is 1. The van der Waals surface area contributed by atoms with Crippen LogP contribution in [0, 0.1) is 0 Å². The first-order valence-corrected chi connectivity index (χ1v) is 11.8. The van der Waals surface area contributed by atoms with Gasteiger partial charge in [0, 0.05) is 36.1 Å². The molecule has 6 nitrogen and oxygen atoms in total. The molecule has 0 spiro atoms. The van der Waals surface area contributed by atoms with Gasteiger partial charge in [0.15, 0.2) is 0 Å². The number of anilines is 2. The summed E-state index contributed by atoms with van der Waals surface area (Å²) in [7, 11) is 0. The minimum absolute atomic E-state index is 0.114. The van der Waals surface area contributed by atoms with Crippen LogP contribution in [0.25, 0.3) is 5.57 Å². The van der Waals surface area contributed by atoms with E-state index in [0.29, 0.717) is 48.4 Å². The van der Waals surface area contributed by atoms with Gasteiger partial charge in [-0.1, -0.05) is 42.5 Å². The number of carbonyl (C=O) groups is 2. The maximum Gasteiger partial charge on any atom is 0.416 e. The van der Waals surface area contributed by atoms with Gasteiger partial charge in [0.1, 0.15) is 5.75 Å². The lowest BCUT2D eigenvalue weighted by Gasteiger charge is -2.29. The Morgan fingerprint density at radius 2 is 1.89 bits per heavy atom. The van der Waals surface area contributed by atoms with E-state index in [4.69, 9.17) is 4.74 Å². The number of fused-ring (bicyclic) bond motifs is 2. The van der Waals surface area contributed by atoms with Gasteiger partial charge in [-0.2, -0.15) is 13.2 Å². The maximum absolute atomic E-state index is 13.1. The molecule has 0 aromatic heterocycles. The van der Waals surface area contributed by atoms with Gasteiger partial charge in [-0.25, -0.2) is 4.79 Å². The zero-order chi connectivity index (χ0) is 26.0. The fraction of sp³-hybridized carbons (Fsp3) is 0.214. The van der Waals surface area contributed by atoms with Crippen LogP contribution in [0.1, 0.15) is 35.1 Å². The first kappa shape index (κ1) is 24.4. The molecule has 37 heavy (non-hydrogen) atoms. The Balaban J connectivity index is 1.30. The quantitative estimate of drug-likeness (QED) is 0.399. The first-order valence-electron chi connectivity index (χ1n) is 11.8. The topological polar surface area (TPSA) is 70.7 Å². The molecule has 0 saturated carbocycles. The molecular formula is C28H24F3N3O3. The van der Waals surface area contributed by atoms with Crippen molar-refractivity contribution in [1.29, 1.82) is 0 Å². The lowest BCUT2D eigenvalue weighted by molar-refractivity contribution is -0.137. The van der Waals surface area contributed by atoms with Crippen LogP contribution in [-0.2, 0) is 24.1 Å². The SMILES string of the molecule is O=C(/C=C1\CCCOc2cc(C(F)(F)F)ccc21)Nc1ccc2c(c1)NC(=O)N(Cc1ccccc1)C2. The lowest BCUT2D eigenvalue weighted by atomic mass is 9.99. The molecule has 2 aliphatic heterocycles. The van der Waals surface area contributed by atoms with E-state index in [0.717, 1.165) is 23.3 Å². The summed E-state index contributed by atoms with van der Waals surface area (Å²) in [6, 6.07) is 18.1. The van der Waals surface area contributed by atoms with E-state index in [1.54, 1.807) is 17.0 Å². The van der Waals surface area contributed by atoms with E-state index >= 15 is 0 Å². The number of ether oxygens (including phenoxy) is 1. The molecule has 0 fully saturated rings. The number of hydrogen-bond donors (Lipinski definition) is 2. The van der Waals surface area contributed by atoms with Crippen molar-refractivity contribution >= 4 is 28.9 Å². The molecule has 3 aromatic rings. The molecule has 3 aromatic carbocycles. The molecule has 2 heterocycles. The van der Waals surface area contributed by atoms with Crippen LogP contribution in [0.5, 0.6) is 5.75 Å². The second-order valence-electron chi connectivity index (χ2n) is 8.96. The van der Waals surface area contributed by atoms with Gasteiger partial charge in [0.05, 0.1) is 12.2 Å². The number of allylic oxidation sites excluding steroid dienone is 1. The monoisotopic (exact) mass is 507 g/mol. The standard InChI is InChI=1S/C28H24F3N3O3/c29-28(30,31)21-9-11-23-19(7-4-12-37-25(23)14-21)13-26(35)32-22-10-8-20-17-34(27(36)33-24(20)15-22)16-18-5-2-1-3-6-18/h1-3,5-6,8-11,13-15H,4,7,12,16-17H2,(H,32,35)(H,33,36)/b19-13+. The molecule has 2 N–H and O–H groups in total. The number of benzene rings is 3. The normalized spacial score (nSPS) is 16.2. The number of nitrogens with one attached hydrogen (secondary N) is 2. The van der Waals surface area contributed by atoms with E-state index in [2.05, 4.69) is 10.6 Å². The minimum atomic E-state index is -4.48. The molecule has 3 amide bonds. The summed E-state index contributed by atoms with van der Waals surface area (Å²) >= 11 is 0. The van der Waals surface area contributed by atoms with Crippen LogP contribution < -0.4 is 15.4 Å². The highest BCUT2D eigenvalue weighted by Gasteiger charge is 2.32. The summed E-state index contributed by atoms with van der Waals surface area (Å²) in [6.07, 6.45) is -2.03. The highest BCUT2D eigenvalue weighted by molar-refractivity contribution is 6.05. The maximum atomic E-state index is 13.1. The summed E-state index contributed by atoms with van der Waals surface area (Å²) in [5, 5.41) is 5.67. The van der Waals surface area contributed by atoms with Gasteiger partial charge < -0.3 is 20.3 Å². The third-order valence-corrected chi connectivity index (χ3v) is 6.29. The number of halogens is 3. The molecule has 0 saturated heterocycles. The third kappa shape index (κ3) is 5.61. The van der Waals surface area contributed by atoms with Crippen LogP contribution in [0.3, 0.4) is 0 Å². The van der Waals surface area contributed by atoms with Gasteiger partial charge >= 0.3 is 12.2 Å². The zero-order valence-electron chi connectivity index (χ0n) is 19.8. The van der Waals surface area contributed by atoms with E-state index in [-0.39, 0.29) is 18.4 Å². The summed E-state index contributed by atoms with van der Waals surface area (Å²) in [6.45, 7) is 1.18. The van der Waals surface area contributed by atoms with E-state index in [9.17, 15) is 22.8 Å².